The van der Waals surface area contributed by atoms with Crippen LogP contribution in [0.1, 0.15) is 33.6 Å². The summed E-state index contributed by atoms with van der Waals surface area (Å²) in [4.78, 5) is 2.61. The molecule has 0 radical (unpaired) electrons. The molecule has 1 N–H and O–H groups in total. The zero-order chi connectivity index (χ0) is 12.5. The van der Waals surface area contributed by atoms with Gasteiger partial charge in [-0.2, -0.15) is 0 Å². The lowest BCUT2D eigenvalue weighted by Crippen LogP contribution is -2.42. The number of ether oxygens (including phenoxy) is 1. The minimum atomic E-state index is 0.837. The highest BCUT2D eigenvalue weighted by Crippen LogP contribution is 2.20. The van der Waals surface area contributed by atoms with Gasteiger partial charge < -0.3 is 15.0 Å². The molecule has 0 spiro atoms. The molecule has 3 nitrogen and oxygen atoms in total. The molecule has 1 aliphatic rings. The molecule has 1 aliphatic heterocycles. The fraction of sp³-hybridized carbons (Fsp3) is 1.00. The molecule has 0 aromatic rings. The molecule has 1 rings (SSSR count). The first kappa shape index (κ1) is 14.9. The maximum absolute atomic E-state index is 5.31. The molecule has 0 amide bonds. The molecule has 1 saturated heterocycles. The Kier molecular flexibility index (Phi) is 7.82. The van der Waals surface area contributed by atoms with E-state index >= 15 is 0 Å². The lowest BCUT2D eigenvalue weighted by molar-refractivity contribution is 0.137. The number of hydrogen-bond acceptors (Lipinski definition) is 3. The van der Waals surface area contributed by atoms with Crippen LogP contribution in [-0.4, -0.2) is 50.8 Å². The van der Waals surface area contributed by atoms with Crippen LogP contribution in [0.2, 0.25) is 0 Å². The first-order chi connectivity index (χ1) is 8.22. The SMILES string of the molecule is CCOCCCNCCN1CC(C)CC(C)C1. The summed E-state index contributed by atoms with van der Waals surface area (Å²) in [6, 6.07) is 0. The van der Waals surface area contributed by atoms with E-state index < -0.39 is 0 Å². The fourth-order valence-electron chi connectivity index (χ4n) is 2.78. The normalized spacial score (nSPS) is 26.3. The van der Waals surface area contributed by atoms with Gasteiger partial charge in [0.15, 0.2) is 0 Å². The Labute approximate surface area is 107 Å². The maximum Gasteiger partial charge on any atom is 0.0477 e. The first-order valence-corrected chi connectivity index (χ1v) is 7.23. The standard InChI is InChI=1S/C14H30N2O/c1-4-17-9-5-6-15-7-8-16-11-13(2)10-14(3)12-16/h13-15H,4-12H2,1-3H3. The van der Waals surface area contributed by atoms with Crippen molar-refractivity contribution < 1.29 is 4.74 Å². The molecule has 3 heteroatoms. The topological polar surface area (TPSA) is 24.5 Å². The van der Waals surface area contributed by atoms with Crippen molar-refractivity contribution in [3.05, 3.63) is 0 Å². The van der Waals surface area contributed by atoms with Gasteiger partial charge in [0.25, 0.3) is 0 Å². The Balaban J connectivity index is 1.95. The Hall–Kier alpha value is -0.120. The summed E-state index contributed by atoms with van der Waals surface area (Å²) in [5.74, 6) is 1.74. The average Bonchev–Trinajstić information content (AvgIpc) is 2.26. The lowest BCUT2D eigenvalue weighted by Gasteiger charge is -2.34. The highest BCUT2D eigenvalue weighted by Gasteiger charge is 2.20. The molecular formula is C14H30N2O. The third-order valence-corrected chi connectivity index (χ3v) is 3.40. The molecule has 1 fully saturated rings. The molecule has 1 heterocycles. The molecule has 0 aliphatic carbocycles. The third-order valence-electron chi connectivity index (χ3n) is 3.40. The molecule has 2 unspecified atom stereocenters. The van der Waals surface area contributed by atoms with Crippen molar-refractivity contribution in [3.8, 4) is 0 Å². The van der Waals surface area contributed by atoms with E-state index in [4.69, 9.17) is 4.74 Å². The van der Waals surface area contributed by atoms with Crippen LogP contribution in [0, 0.1) is 11.8 Å². The van der Waals surface area contributed by atoms with E-state index in [9.17, 15) is 0 Å². The quantitative estimate of drug-likeness (QED) is 0.659. The summed E-state index contributed by atoms with van der Waals surface area (Å²) in [6.45, 7) is 14.5. The van der Waals surface area contributed by atoms with Crippen molar-refractivity contribution in [1.29, 1.82) is 0 Å². The van der Waals surface area contributed by atoms with Crippen LogP contribution in [0.3, 0.4) is 0 Å². The summed E-state index contributed by atoms with van der Waals surface area (Å²) in [7, 11) is 0. The summed E-state index contributed by atoms with van der Waals surface area (Å²) in [6.07, 6.45) is 2.53. The minimum absolute atomic E-state index is 0.837. The van der Waals surface area contributed by atoms with Gasteiger partial charge >= 0.3 is 0 Å². The number of likely N-dealkylation sites (tertiary alicyclic amines) is 1. The third kappa shape index (κ3) is 7.02. The Morgan fingerprint density at radius 3 is 2.53 bits per heavy atom. The van der Waals surface area contributed by atoms with Crippen molar-refractivity contribution >= 4 is 0 Å². The number of nitrogens with zero attached hydrogens (tertiary/aromatic N) is 1. The van der Waals surface area contributed by atoms with Gasteiger partial charge in [-0.1, -0.05) is 13.8 Å². The van der Waals surface area contributed by atoms with Crippen molar-refractivity contribution in [2.75, 3.05) is 45.9 Å². The molecule has 0 saturated carbocycles. The van der Waals surface area contributed by atoms with Gasteiger partial charge in [0, 0.05) is 39.4 Å². The lowest BCUT2D eigenvalue weighted by atomic mass is 9.92. The van der Waals surface area contributed by atoms with E-state index in [1.807, 2.05) is 6.92 Å². The van der Waals surface area contributed by atoms with E-state index in [2.05, 4.69) is 24.1 Å². The Morgan fingerprint density at radius 2 is 1.88 bits per heavy atom. The fourth-order valence-corrected chi connectivity index (χ4v) is 2.78. The van der Waals surface area contributed by atoms with E-state index in [0.717, 1.165) is 44.6 Å². The van der Waals surface area contributed by atoms with Crippen LogP contribution in [-0.2, 0) is 4.74 Å². The first-order valence-electron chi connectivity index (χ1n) is 7.23. The second-order valence-electron chi connectivity index (χ2n) is 5.51. The predicted molar refractivity (Wildman–Crippen MR) is 73.4 cm³/mol. The van der Waals surface area contributed by atoms with Gasteiger partial charge in [-0.15, -0.1) is 0 Å². The molecular weight excluding hydrogens is 212 g/mol. The van der Waals surface area contributed by atoms with Gasteiger partial charge in [-0.3, -0.25) is 0 Å². The average molecular weight is 242 g/mol. The van der Waals surface area contributed by atoms with E-state index in [1.54, 1.807) is 0 Å². The molecule has 0 aromatic heterocycles. The van der Waals surface area contributed by atoms with Crippen LogP contribution in [0.15, 0.2) is 0 Å². The van der Waals surface area contributed by atoms with Crippen LogP contribution in [0.5, 0.6) is 0 Å². The highest BCUT2D eigenvalue weighted by atomic mass is 16.5. The Morgan fingerprint density at radius 1 is 1.18 bits per heavy atom. The summed E-state index contributed by atoms with van der Waals surface area (Å²) in [5.41, 5.74) is 0. The van der Waals surface area contributed by atoms with E-state index in [-0.39, 0.29) is 0 Å². The smallest absolute Gasteiger partial charge is 0.0477 e. The van der Waals surface area contributed by atoms with E-state index in [0.29, 0.717) is 0 Å². The number of hydrogen-bond donors (Lipinski definition) is 1. The van der Waals surface area contributed by atoms with Crippen molar-refractivity contribution in [2.45, 2.75) is 33.6 Å². The number of piperidine rings is 1. The molecule has 0 bridgehead atoms. The van der Waals surface area contributed by atoms with Crippen molar-refractivity contribution in [3.63, 3.8) is 0 Å². The highest BCUT2D eigenvalue weighted by molar-refractivity contribution is 4.74. The second-order valence-corrected chi connectivity index (χ2v) is 5.51. The zero-order valence-electron chi connectivity index (χ0n) is 11.9. The maximum atomic E-state index is 5.31. The largest absolute Gasteiger partial charge is 0.382 e. The zero-order valence-corrected chi connectivity index (χ0v) is 11.9. The van der Waals surface area contributed by atoms with Crippen molar-refractivity contribution in [2.24, 2.45) is 11.8 Å². The Bertz CT molecular complexity index is 177. The van der Waals surface area contributed by atoms with Crippen LogP contribution in [0.25, 0.3) is 0 Å². The summed E-state index contributed by atoms with van der Waals surface area (Å²) in [5, 5.41) is 3.50. The van der Waals surface area contributed by atoms with Gasteiger partial charge in [0.05, 0.1) is 0 Å². The molecule has 17 heavy (non-hydrogen) atoms. The van der Waals surface area contributed by atoms with Gasteiger partial charge in [0.2, 0.25) is 0 Å². The monoisotopic (exact) mass is 242 g/mol. The second kappa shape index (κ2) is 8.90. The predicted octanol–water partition coefficient (Wildman–Crippen LogP) is 1.98. The number of nitrogens with one attached hydrogen (secondary N) is 1. The van der Waals surface area contributed by atoms with Gasteiger partial charge in [0.1, 0.15) is 0 Å². The van der Waals surface area contributed by atoms with E-state index in [1.165, 1.54) is 26.1 Å². The summed E-state index contributed by atoms with van der Waals surface area (Å²) >= 11 is 0. The molecule has 102 valence electrons. The van der Waals surface area contributed by atoms with Crippen LogP contribution in [0.4, 0.5) is 0 Å². The molecule has 2 atom stereocenters. The van der Waals surface area contributed by atoms with Gasteiger partial charge in [-0.05, 0) is 38.1 Å². The van der Waals surface area contributed by atoms with Crippen molar-refractivity contribution in [1.82, 2.24) is 10.2 Å². The van der Waals surface area contributed by atoms with Gasteiger partial charge in [-0.25, -0.2) is 0 Å². The number of rotatable bonds is 8. The minimum Gasteiger partial charge on any atom is -0.382 e. The molecule has 0 aromatic carbocycles. The van der Waals surface area contributed by atoms with Crippen LogP contribution >= 0.6 is 0 Å². The van der Waals surface area contributed by atoms with Crippen LogP contribution < -0.4 is 5.32 Å². The summed E-state index contributed by atoms with van der Waals surface area (Å²) < 4.78 is 5.31.